The van der Waals surface area contributed by atoms with E-state index in [1.165, 1.54) is 12.1 Å². The molecule has 0 aliphatic rings. The number of hydrogen-bond donors (Lipinski definition) is 1. The zero-order valence-corrected chi connectivity index (χ0v) is 10.5. The minimum absolute atomic E-state index is 0.0865. The van der Waals surface area contributed by atoms with Crippen molar-refractivity contribution in [2.75, 3.05) is 13.7 Å². The lowest BCUT2D eigenvalue weighted by Crippen LogP contribution is -2.41. The molecule has 0 amide bonds. The van der Waals surface area contributed by atoms with E-state index in [2.05, 4.69) is 0 Å². The molecule has 0 radical (unpaired) electrons. The Labute approximate surface area is 101 Å². The van der Waals surface area contributed by atoms with Gasteiger partial charge in [-0.3, -0.25) is 4.90 Å². The van der Waals surface area contributed by atoms with Crippen LogP contribution in [0.5, 0.6) is 0 Å². The van der Waals surface area contributed by atoms with Crippen LogP contribution in [0, 0.1) is 11.6 Å². The van der Waals surface area contributed by atoms with Crippen LogP contribution in [-0.4, -0.2) is 29.2 Å². The zero-order chi connectivity index (χ0) is 13.1. The van der Waals surface area contributed by atoms with Gasteiger partial charge in [0.15, 0.2) is 0 Å². The average molecular weight is 243 g/mol. The molecule has 17 heavy (non-hydrogen) atoms. The van der Waals surface area contributed by atoms with Gasteiger partial charge in [-0.05, 0) is 33.4 Å². The second-order valence-corrected chi connectivity index (χ2v) is 4.88. The van der Waals surface area contributed by atoms with Gasteiger partial charge in [0.05, 0.1) is 0 Å². The summed E-state index contributed by atoms with van der Waals surface area (Å²) >= 11 is 0. The first-order valence-electron chi connectivity index (χ1n) is 5.63. The Bertz CT molecular complexity index is 380. The first kappa shape index (κ1) is 14.1. The Morgan fingerprint density at radius 3 is 2.47 bits per heavy atom. The van der Waals surface area contributed by atoms with Gasteiger partial charge < -0.3 is 5.11 Å². The van der Waals surface area contributed by atoms with Crippen molar-refractivity contribution in [3.63, 3.8) is 0 Å². The summed E-state index contributed by atoms with van der Waals surface area (Å²) in [6.07, 6.45) is 0.603. The lowest BCUT2D eigenvalue weighted by molar-refractivity contribution is 0.109. The van der Waals surface area contributed by atoms with Crippen LogP contribution in [0.2, 0.25) is 0 Å². The van der Waals surface area contributed by atoms with Crippen molar-refractivity contribution < 1.29 is 13.9 Å². The Morgan fingerprint density at radius 1 is 1.29 bits per heavy atom. The lowest BCUT2D eigenvalue weighted by atomic mass is 9.98. The fraction of sp³-hybridized carbons (Fsp3) is 0.538. The molecule has 0 fully saturated rings. The molecule has 1 aromatic carbocycles. The van der Waals surface area contributed by atoms with E-state index >= 15 is 0 Å². The molecule has 0 saturated heterocycles. The van der Waals surface area contributed by atoms with Gasteiger partial charge in [-0.2, -0.15) is 0 Å². The monoisotopic (exact) mass is 243 g/mol. The van der Waals surface area contributed by atoms with Crippen molar-refractivity contribution in [3.8, 4) is 0 Å². The first-order chi connectivity index (χ1) is 7.86. The van der Waals surface area contributed by atoms with Gasteiger partial charge in [-0.15, -0.1) is 0 Å². The molecule has 1 rings (SSSR count). The highest BCUT2D eigenvalue weighted by molar-refractivity contribution is 5.18. The molecule has 0 heterocycles. The molecule has 0 spiro atoms. The van der Waals surface area contributed by atoms with Crippen LogP contribution in [0.1, 0.15) is 25.8 Å². The maximum Gasteiger partial charge on any atom is 0.130 e. The van der Waals surface area contributed by atoms with Crippen molar-refractivity contribution in [2.24, 2.45) is 0 Å². The van der Waals surface area contributed by atoms with Crippen molar-refractivity contribution in [1.82, 2.24) is 4.90 Å². The third kappa shape index (κ3) is 3.75. The van der Waals surface area contributed by atoms with E-state index in [0.717, 1.165) is 6.07 Å². The smallest absolute Gasteiger partial charge is 0.130 e. The molecule has 0 unspecified atom stereocenters. The third-order valence-corrected chi connectivity index (χ3v) is 3.18. The normalized spacial score (nSPS) is 12.2. The van der Waals surface area contributed by atoms with Crippen molar-refractivity contribution in [3.05, 3.63) is 35.4 Å². The SMILES string of the molecule is CN(Cc1ccc(F)cc1F)C(C)(C)CCO. The van der Waals surface area contributed by atoms with Crippen molar-refractivity contribution in [1.29, 1.82) is 0 Å². The molecule has 0 aliphatic heterocycles. The number of hydrogen-bond acceptors (Lipinski definition) is 2. The summed E-state index contributed by atoms with van der Waals surface area (Å²) in [6, 6.07) is 3.60. The number of aliphatic hydroxyl groups excluding tert-OH is 1. The average Bonchev–Trinajstić information content (AvgIpc) is 2.22. The highest BCUT2D eigenvalue weighted by Gasteiger charge is 2.23. The summed E-state index contributed by atoms with van der Waals surface area (Å²) in [4.78, 5) is 1.94. The van der Waals surface area contributed by atoms with Gasteiger partial charge in [-0.1, -0.05) is 6.07 Å². The van der Waals surface area contributed by atoms with E-state index in [9.17, 15) is 8.78 Å². The predicted octanol–water partition coefficient (Wildman–Crippen LogP) is 2.56. The Kier molecular flexibility index (Phi) is 4.60. The lowest BCUT2D eigenvalue weighted by Gasteiger charge is -2.35. The molecule has 1 N–H and O–H groups in total. The fourth-order valence-electron chi connectivity index (χ4n) is 1.58. The van der Waals surface area contributed by atoms with E-state index in [-0.39, 0.29) is 12.1 Å². The second-order valence-electron chi connectivity index (χ2n) is 4.88. The fourth-order valence-corrected chi connectivity index (χ4v) is 1.58. The Balaban J connectivity index is 2.77. The van der Waals surface area contributed by atoms with Gasteiger partial charge in [0.1, 0.15) is 11.6 Å². The molecule has 0 atom stereocenters. The van der Waals surface area contributed by atoms with Crippen LogP contribution in [-0.2, 0) is 6.54 Å². The van der Waals surface area contributed by atoms with E-state index < -0.39 is 11.6 Å². The van der Waals surface area contributed by atoms with Crippen molar-refractivity contribution in [2.45, 2.75) is 32.4 Å². The molecule has 4 heteroatoms. The molecular formula is C13H19F2NO. The van der Waals surface area contributed by atoms with Crippen LogP contribution in [0.3, 0.4) is 0 Å². The summed E-state index contributed by atoms with van der Waals surface area (Å²) in [5.41, 5.74) is 0.232. The number of benzene rings is 1. The van der Waals surface area contributed by atoms with Crippen molar-refractivity contribution >= 4 is 0 Å². The number of nitrogens with zero attached hydrogens (tertiary/aromatic N) is 1. The molecule has 96 valence electrons. The quantitative estimate of drug-likeness (QED) is 0.859. The molecule has 2 nitrogen and oxygen atoms in total. The summed E-state index contributed by atoms with van der Waals surface area (Å²) in [6.45, 7) is 4.43. The second kappa shape index (κ2) is 5.56. The summed E-state index contributed by atoms with van der Waals surface area (Å²) in [5.74, 6) is -1.10. The van der Waals surface area contributed by atoms with Gasteiger partial charge in [0.25, 0.3) is 0 Å². The highest BCUT2D eigenvalue weighted by Crippen LogP contribution is 2.20. The van der Waals surface area contributed by atoms with E-state index in [1.54, 1.807) is 0 Å². The van der Waals surface area contributed by atoms with Crippen LogP contribution >= 0.6 is 0 Å². The predicted molar refractivity (Wildman–Crippen MR) is 63.6 cm³/mol. The number of aliphatic hydroxyl groups is 1. The maximum absolute atomic E-state index is 13.5. The van der Waals surface area contributed by atoms with E-state index in [0.29, 0.717) is 18.5 Å². The van der Waals surface area contributed by atoms with Gasteiger partial charge in [0.2, 0.25) is 0 Å². The van der Waals surface area contributed by atoms with E-state index in [4.69, 9.17) is 5.11 Å². The molecule has 1 aromatic rings. The Hall–Kier alpha value is -1.00. The zero-order valence-electron chi connectivity index (χ0n) is 10.5. The van der Waals surface area contributed by atoms with E-state index in [1.807, 2.05) is 25.8 Å². The summed E-state index contributed by atoms with van der Waals surface area (Å²) < 4.78 is 26.2. The van der Waals surface area contributed by atoms with Gasteiger partial charge >= 0.3 is 0 Å². The van der Waals surface area contributed by atoms with Gasteiger partial charge in [-0.25, -0.2) is 8.78 Å². The molecule has 0 aliphatic carbocycles. The minimum Gasteiger partial charge on any atom is -0.396 e. The maximum atomic E-state index is 13.5. The molecule has 0 bridgehead atoms. The Morgan fingerprint density at radius 2 is 1.94 bits per heavy atom. The first-order valence-corrected chi connectivity index (χ1v) is 5.63. The highest BCUT2D eigenvalue weighted by atomic mass is 19.1. The standard InChI is InChI=1S/C13H19F2NO/c1-13(2,6-7-17)16(3)9-10-4-5-11(14)8-12(10)15/h4-5,8,17H,6-7,9H2,1-3H3. The summed E-state index contributed by atoms with van der Waals surface area (Å²) in [5, 5.41) is 8.96. The molecule has 0 aromatic heterocycles. The number of rotatable bonds is 5. The van der Waals surface area contributed by atoms with Crippen LogP contribution in [0.4, 0.5) is 8.78 Å². The summed E-state index contributed by atoms with van der Waals surface area (Å²) in [7, 11) is 1.86. The molecular weight excluding hydrogens is 224 g/mol. The molecule has 0 saturated carbocycles. The van der Waals surface area contributed by atoms with Gasteiger partial charge in [0, 0.05) is 30.3 Å². The van der Waals surface area contributed by atoms with Crippen LogP contribution in [0.25, 0.3) is 0 Å². The topological polar surface area (TPSA) is 23.5 Å². The largest absolute Gasteiger partial charge is 0.396 e. The number of halogens is 2. The van der Waals surface area contributed by atoms with Crippen LogP contribution in [0.15, 0.2) is 18.2 Å². The van der Waals surface area contributed by atoms with Crippen LogP contribution < -0.4 is 0 Å². The third-order valence-electron chi connectivity index (χ3n) is 3.18. The minimum atomic E-state index is -0.566.